The molecule has 2 atom stereocenters. The summed E-state index contributed by atoms with van der Waals surface area (Å²) in [6.07, 6.45) is 2.70. The van der Waals surface area contributed by atoms with Crippen LogP contribution in [-0.2, 0) is 9.53 Å². The number of halogens is 1. The molecule has 1 fully saturated rings. The van der Waals surface area contributed by atoms with Gasteiger partial charge in [-0.1, -0.05) is 29.8 Å². The van der Waals surface area contributed by atoms with E-state index in [-0.39, 0.29) is 18.1 Å². The molecule has 1 N–H and O–H groups in total. The van der Waals surface area contributed by atoms with Gasteiger partial charge in [0.05, 0.1) is 18.8 Å². The van der Waals surface area contributed by atoms with E-state index in [2.05, 4.69) is 15.2 Å². The highest BCUT2D eigenvalue weighted by Crippen LogP contribution is 2.41. The topological polar surface area (TPSA) is 67.6 Å². The first-order chi connectivity index (χ1) is 15.5. The summed E-state index contributed by atoms with van der Waals surface area (Å²) >= 11 is 12.0. The molecule has 1 saturated heterocycles. The van der Waals surface area contributed by atoms with E-state index in [0.29, 0.717) is 29.5 Å². The number of carbonyl (C=O) groups excluding carboxylic acids is 1. The Balaban J connectivity index is 1.67. The molecule has 0 saturated carbocycles. The maximum Gasteiger partial charge on any atom is 0.305 e. The molecule has 0 spiro atoms. The minimum absolute atomic E-state index is 0.179. The molecule has 8 heteroatoms. The van der Waals surface area contributed by atoms with E-state index in [1.54, 1.807) is 6.20 Å². The molecule has 0 amide bonds. The van der Waals surface area contributed by atoms with Crippen molar-refractivity contribution in [2.75, 3.05) is 13.7 Å². The van der Waals surface area contributed by atoms with Gasteiger partial charge in [-0.15, -0.1) is 0 Å². The summed E-state index contributed by atoms with van der Waals surface area (Å²) in [6.45, 7) is 2.56. The van der Waals surface area contributed by atoms with E-state index >= 15 is 0 Å². The molecule has 32 heavy (non-hydrogen) atoms. The fourth-order valence-corrected chi connectivity index (χ4v) is 4.49. The van der Waals surface area contributed by atoms with Gasteiger partial charge in [-0.05, 0) is 61.5 Å². The molecule has 2 unspecified atom stereocenters. The van der Waals surface area contributed by atoms with Crippen LogP contribution in [0.3, 0.4) is 0 Å². The smallest absolute Gasteiger partial charge is 0.305 e. The number of thiocarbonyl (C=S) groups is 1. The van der Waals surface area contributed by atoms with Gasteiger partial charge >= 0.3 is 5.97 Å². The molecule has 0 radical (unpaired) electrons. The van der Waals surface area contributed by atoms with Crippen LogP contribution in [0.1, 0.15) is 41.9 Å². The Morgan fingerprint density at radius 2 is 2.09 bits per heavy atom. The zero-order valence-corrected chi connectivity index (χ0v) is 19.4. The van der Waals surface area contributed by atoms with Gasteiger partial charge in [0.25, 0.3) is 0 Å². The summed E-state index contributed by atoms with van der Waals surface area (Å²) in [6, 6.07) is 15.1. The van der Waals surface area contributed by atoms with E-state index in [4.69, 9.17) is 33.0 Å². The molecule has 1 aliphatic rings. The van der Waals surface area contributed by atoms with Crippen LogP contribution < -0.4 is 5.32 Å². The largest absolute Gasteiger partial charge is 0.469 e. The third-order valence-corrected chi connectivity index (χ3v) is 6.42. The van der Waals surface area contributed by atoms with E-state index in [1.807, 2.05) is 55.5 Å². The van der Waals surface area contributed by atoms with Gasteiger partial charge in [0, 0.05) is 29.7 Å². The molecule has 3 aromatic rings. The monoisotopic (exact) mass is 469 g/mol. The summed E-state index contributed by atoms with van der Waals surface area (Å²) in [5.74, 6) is 1.27. The second-order valence-corrected chi connectivity index (χ2v) is 8.41. The first-order valence-electron chi connectivity index (χ1n) is 10.4. The first kappa shape index (κ1) is 22.3. The Kier molecular flexibility index (Phi) is 6.77. The van der Waals surface area contributed by atoms with Crippen molar-refractivity contribution in [2.24, 2.45) is 0 Å². The number of benzene rings is 1. The molecule has 1 aliphatic heterocycles. The average Bonchev–Trinajstić information content (AvgIpc) is 3.41. The fraction of sp³-hybridized carbons (Fsp3) is 0.292. The number of ether oxygens (including phenoxy) is 1. The number of nitrogens with zero attached hydrogens (tertiary/aromatic N) is 2. The van der Waals surface area contributed by atoms with Crippen molar-refractivity contribution in [2.45, 2.75) is 31.8 Å². The van der Waals surface area contributed by atoms with Gasteiger partial charge in [0.2, 0.25) is 0 Å². The summed E-state index contributed by atoms with van der Waals surface area (Å²) < 4.78 is 11.1. The van der Waals surface area contributed by atoms with Crippen molar-refractivity contribution in [1.82, 2.24) is 15.2 Å². The molecule has 0 aliphatic carbocycles. The fourth-order valence-electron chi connectivity index (χ4n) is 3.98. The number of methoxy groups -OCH3 is 1. The maximum absolute atomic E-state index is 11.6. The molecular weight excluding hydrogens is 446 g/mol. The normalized spacial score (nSPS) is 18.0. The van der Waals surface area contributed by atoms with Crippen molar-refractivity contribution in [3.8, 4) is 11.3 Å². The van der Waals surface area contributed by atoms with Crippen LogP contribution in [0.2, 0.25) is 5.02 Å². The van der Waals surface area contributed by atoms with Crippen LogP contribution >= 0.6 is 23.8 Å². The number of nitrogens with one attached hydrogen (secondary N) is 1. The third-order valence-electron chi connectivity index (χ3n) is 5.66. The van der Waals surface area contributed by atoms with Crippen LogP contribution in [0.15, 0.2) is 59.1 Å². The number of furan rings is 1. The summed E-state index contributed by atoms with van der Waals surface area (Å²) in [5.41, 5.74) is 2.78. The van der Waals surface area contributed by atoms with Crippen molar-refractivity contribution in [3.05, 3.63) is 76.8 Å². The molecule has 4 rings (SSSR count). The number of hydrogen-bond donors (Lipinski definition) is 1. The second-order valence-electron chi connectivity index (χ2n) is 7.61. The predicted molar refractivity (Wildman–Crippen MR) is 127 cm³/mol. The number of carbonyl (C=O) groups is 1. The Morgan fingerprint density at radius 3 is 2.84 bits per heavy atom. The minimum atomic E-state index is -0.238. The van der Waals surface area contributed by atoms with E-state index < -0.39 is 0 Å². The molecule has 0 bridgehead atoms. The van der Waals surface area contributed by atoms with Crippen LogP contribution in [0.5, 0.6) is 0 Å². The lowest BCUT2D eigenvalue weighted by Crippen LogP contribution is -2.30. The number of aromatic nitrogens is 1. The van der Waals surface area contributed by atoms with Gasteiger partial charge in [0.15, 0.2) is 5.11 Å². The molecule has 6 nitrogen and oxygen atoms in total. The Morgan fingerprint density at radius 1 is 1.25 bits per heavy atom. The van der Waals surface area contributed by atoms with E-state index in [1.165, 1.54) is 7.11 Å². The molecule has 2 aromatic heterocycles. The zero-order valence-electron chi connectivity index (χ0n) is 17.9. The van der Waals surface area contributed by atoms with Crippen molar-refractivity contribution >= 4 is 34.9 Å². The highest BCUT2D eigenvalue weighted by Gasteiger charge is 2.41. The van der Waals surface area contributed by atoms with Crippen LogP contribution in [-0.4, -0.2) is 34.6 Å². The Labute approximate surface area is 197 Å². The lowest BCUT2D eigenvalue weighted by molar-refractivity contribution is -0.140. The van der Waals surface area contributed by atoms with Gasteiger partial charge in [-0.2, -0.15) is 0 Å². The summed E-state index contributed by atoms with van der Waals surface area (Å²) in [7, 11) is 1.40. The third kappa shape index (κ3) is 4.49. The molecule has 3 heterocycles. The van der Waals surface area contributed by atoms with Crippen molar-refractivity contribution in [1.29, 1.82) is 0 Å². The van der Waals surface area contributed by atoms with Crippen molar-refractivity contribution in [3.63, 3.8) is 0 Å². The van der Waals surface area contributed by atoms with Gasteiger partial charge < -0.3 is 19.4 Å². The second kappa shape index (κ2) is 9.71. The minimum Gasteiger partial charge on any atom is -0.469 e. The van der Waals surface area contributed by atoms with Crippen molar-refractivity contribution < 1.29 is 13.9 Å². The highest BCUT2D eigenvalue weighted by molar-refractivity contribution is 7.80. The lowest BCUT2D eigenvalue weighted by atomic mass is 10.0. The highest BCUT2D eigenvalue weighted by atomic mass is 35.5. The maximum atomic E-state index is 11.6. The Hall–Kier alpha value is -2.90. The number of esters is 1. The number of pyridine rings is 1. The molecule has 166 valence electrons. The van der Waals surface area contributed by atoms with E-state index in [0.717, 1.165) is 28.3 Å². The average molecular weight is 470 g/mol. The zero-order chi connectivity index (χ0) is 22.7. The quantitative estimate of drug-likeness (QED) is 0.375. The first-order valence-corrected chi connectivity index (χ1v) is 11.2. The lowest BCUT2D eigenvalue weighted by Gasteiger charge is -2.26. The number of hydrogen-bond acceptors (Lipinski definition) is 5. The summed E-state index contributed by atoms with van der Waals surface area (Å²) in [5, 5.41) is 4.69. The molecule has 1 aromatic carbocycles. The van der Waals surface area contributed by atoms with Gasteiger partial charge in [0.1, 0.15) is 17.6 Å². The molecular formula is C24H24ClN3O3S. The van der Waals surface area contributed by atoms with Gasteiger partial charge in [-0.3, -0.25) is 9.78 Å². The van der Waals surface area contributed by atoms with Crippen LogP contribution in [0.4, 0.5) is 0 Å². The Bertz CT molecular complexity index is 1120. The van der Waals surface area contributed by atoms with Gasteiger partial charge in [-0.25, -0.2) is 0 Å². The number of rotatable bonds is 7. The standard InChI is InChI=1S/C24H24ClN3O3S/c1-15-16(7-5-8-17(15)25)19-11-12-20(31-19)23-22(18-9-3-4-13-26-18)27-24(32)28(23)14-6-10-21(29)30-2/h3-5,7-9,11-13,22-23H,6,10,14H2,1-2H3,(H,27,32). The van der Waals surface area contributed by atoms with E-state index in [9.17, 15) is 4.79 Å². The van der Waals surface area contributed by atoms with Crippen LogP contribution in [0, 0.1) is 6.92 Å². The predicted octanol–water partition coefficient (Wildman–Crippen LogP) is 5.23. The van der Waals surface area contributed by atoms with Crippen LogP contribution in [0.25, 0.3) is 11.3 Å². The summed E-state index contributed by atoms with van der Waals surface area (Å²) in [4.78, 5) is 18.2. The SMILES string of the molecule is COC(=O)CCCN1C(=S)NC(c2ccccn2)C1c1ccc(-c2cccc(Cl)c2C)o1.